The molecule has 0 spiro atoms. The summed E-state index contributed by atoms with van der Waals surface area (Å²) in [5.74, 6) is 0. The monoisotopic (exact) mass is 326 g/mol. The van der Waals surface area contributed by atoms with Crippen LogP contribution in [0.3, 0.4) is 0 Å². The van der Waals surface area contributed by atoms with Crippen LogP contribution in [0.2, 0.25) is 0 Å². The van der Waals surface area contributed by atoms with Gasteiger partial charge in [0.25, 0.3) is 10.0 Å². The summed E-state index contributed by atoms with van der Waals surface area (Å²) in [6.45, 7) is 8.55. The van der Waals surface area contributed by atoms with Crippen LogP contribution in [0.5, 0.6) is 0 Å². The highest BCUT2D eigenvalue weighted by Crippen LogP contribution is 2.29. The number of rotatable bonds is 5. The van der Waals surface area contributed by atoms with Gasteiger partial charge in [-0.05, 0) is 37.4 Å². The summed E-state index contributed by atoms with van der Waals surface area (Å²) in [5, 5.41) is 0. The summed E-state index contributed by atoms with van der Waals surface area (Å²) >= 11 is 1.32. The maximum Gasteiger partial charge on any atom is 0.252 e. The van der Waals surface area contributed by atoms with Gasteiger partial charge in [0.2, 0.25) is 0 Å². The third kappa shape index (κ3) is 4.43. The number of hydrogen-bond acceptors (Lipinski definition) is 4. The molecule has 0 saturated heterocycles. The Labute approximate surface area is 126 Å². The minimum Gasteiger partial charge on any atom is -0.330 e. The second kappa shape index (κ2) is 6.54. The zero-order chi connectivity index (χ0) is 14.1. The molecule has 0 aromatic carbocycles. The van der Waals surface area contributed by atoms with Crippen LogP contribution in [0.15, 0.2) is 10.3 Å². The molecule has 0 bridgehead atoms. The summed E-state index contributed by atoms with van der Waals surface area (Å²) in [5.41, 5.74) is 6.25. The summed E-state index contributed by atoms with van der Waals surface area (Å²) in [4.78, 5) is 1.01. The van der Waals surface area contributed by atoms with Crippen LogP contribution in [0, 0.1) is 19.3 Å². The van der Waals surface area contributed by atoms with Crippen LogP contribution in [0.1, 0.15) is 24.3 Å². The minimum absolute atomic E-state index is 0. The Morgan fingerprint density at radius 2 is 1.89 bits per heavy atom. The molecule has 0 aliphatic carbocycles. The normalized spacial score (nSPS) is 12.6. The van der Waals surface area contributed by atoms with Crippen molar-refractivity contribution in [1.82, 2.24) is 4.31 Å². The zero-order valence-electron chi connectivity index (χ0n) is 12.1. The highest BCUT2D eigenvalue weighted by Gasteiger charge is 2.29. The lowest BCUT2D eigenvalue weighted by Gasteiger charge is -2.28. The number of aryl methyl sites for hydroxylation is 2. The number of sulfonamides is 1. The average molecular weight is 327 g/mol. The van der Waals surface area contributed by atoms with Crippen molar-refractivity contribution >= 4 is 33.8 Å². The van der Waals surface area contributed by atoms with Crippen molar-refractivity contribution in [3.8, 4) is 0 Å². The van der Waals surface area contributed by atoms with E-state index in [0.29, 0.717) is 17.3 Å². The van der Waals surface area contributed by atoms with Crippen molar-refractivity contribution in [2.45, 2.75) is 31.9 Å². The second-order valence-electron chi connectivity index (χ2n) is 5.46. The fourth-order valence-electron chi connectivity index (χ4n) is 1.77. The molecule has 0 aliphatic heterocycles. The quantitative estimate of drug-likeness (QED) is 0.903. The van der Waals surface area contributed by atoms with Gasteiger partial charge in [-0.25, -0.2) is 8.42 Å². The average Bonchev–Trinajstić information content (AvgIpc) is 2.57. The molecule has 2 N–H and O–H groups in total. The highest BCUT2D eigenvalue weighted by atomic mass is 35.5. The van der Waals surface area contributed by atoms with E-state index < -0.39 is 10.0 Å². The number of nitrogens with zero attached hydrogens (tertiary/aromatic N) is 1. The van der Waals surface area contributed by atoms with Crippen LogP contribution in [0.25, 0.3) is 0 Å². The minimum atomic E-state index is -3.40. The summed E-state index contributed by atoms with van der Waals surface area (Å²) in [6.07, 6.45) is 0. The Morgan fingerprint density at radius 3 is 2.26 bits per heavy atom. The van der Waals surface area contributed by atoms with E-state index in [0.717, 1.165) is 10.4 Å². The van der Waals surface area contributed by atoms with Crippen LogP contribution in [0.4, 0.5) is 0 Å². The van der Waals surface area contributed by atoms with E-state index in [1.165, 1.54) is 15.6 Å². The van der Waals surface area contributed by atoms with Crippen molar-refractivity contribution in [2.75, 3.05) is 20.1 Å². The van der Waals surface area contributed by atoms with Crippen molar-refractivity contribution in [2.24, 2.45) is 11.1 Å². The lowest BCUT2D eigenvalue weighted by atomic mass is 9.94. The SMILES string of the molecule is Cc1cc(C)c(S(=O)(=O)N(C)CC(C)(C)CN)s1.Cl. The van der Waals surface area contributed by atoms with E-state index >= 15 is 0 Å². The first kappa shape index (κ1) is 18.9. The van der Waals surface area contributed by atoms with Crippen molar-refractivity contribution in [3.05, 3.63) is 16.5 Å². The Bertz CT molecular complexity index is 524. The predicted octanol–water partition coefficient (Wildman–Crippen LogP) is 2.39. The molecule has 1 aromatic rings. The van der Waals surface area contributed by atoms with E-state index in [2.05, 4.69) is 0 Å². The largest absolute Gasteiger partial charge is 0.330 e. The highest BCUT2D eigenvalue weighted by molar-refractivity contribution is 7.91. The topological polar surface area (TPSA) is 63.4 Å². The first-order valence-electron chi connectivity index (χ1n) is 5.83. The van der Waals surface area contributed by atoms with Crippen LogP contribution < -0.4 is 5.73 Å². The van der Waals surface area contributed by atoms with E-state index in [1.54, 1.807) is 7.05 Å². The van der Waals surface area contributed by atoms with Crippen LogP contribution in [-0.4, -0.2) is 32.9 Å². The predicted molar refractivity (Wildman–Crippen MR) is 83.7 cm³/mol. The fraction of sp³-hybridized carbons (Fsp3) is 0.667. The molecule has 4 nitrogen and oxygen atoms in total. The third-order valence-electron chi connectivity index (χ3n) is 2.84. The molecule has 0 atom stereocenters. The molecule has 0 amide bonds. The van der Waals surface area contributed by atoms with Gasteiger partial charge >= 0.3 is 0 Å². The van der Waals surface area contributed by atoms with Crippen LogP contribution in [-0.2, 0) is 10.0 Å². The molecule has 0 aliphatic rings. The van der Waals surface area contributed by atoms with Gasteiger partial charge < -0.3 is 5.73 Å². The molecule has 0 unspecified atom stereocenters. The number of thiophene rings is 1. The molecular formula is C12H23ClN2O2S2. The van der Waals surface area contributed by atoms with Gasteiger partial charge in [0.05, 0.1) is 0 Å². The standard InChI is InChI=1S/C12H22N2O2S2.ClH/c1-9-6-10(2)17-11(9)18(15,16)14(5)8-12(3,4)7-13;/h6H,7-8,13H2,1-5H3;1H. The molecule has 19 heavy (non-hydrogen) atoms. The van der Waals surface area contributed by atoms with Gasteiger partial charge in [-0.3, -0.25) is 0 Å². The Kier molecular flexibility index (Phi) is 6.49. The summed E-state index contributed by atoms with van der Waals surface area (Å²) in [7, 11) is -1.78. The van der Waals surface area contributed by atoms with Gasteiger partial charge in [-0.2, -0.15) is 4.31 Å². The third-order valence-corrected chi connectivity index (χ3v) is 6.41. The Hall–Kier alpha value is -0.140. The number of nitrogens with two attached hydrogens (primary N) is 1. The van der Waals surface area contributed by atoms with E-state index in [9.17, 15) is 8.42 Å². The molecule has 0 saturated carbocycles. The second-order valence-corrected chi connectivity index (χ2v) is 8.95. The van der Waals surface area contributed by atoms with Gasteiger partial charge in [0.15, 0.2) is 0 Å². The Balaban J connectivity index is 0.00000324. The first-order chi connectivity index (χ1) is 8.10. The van der Waals surface area contributed by atoms with Crippen molar-refractivity contribution in [1.29, 1.82) is 0 Å². The lowest BCUT2D eigenvalue weighted by molar-refractivity contribution is 0.292. The number of hydrogen-bond donors (Lipinski definition) is 1. The summed E-state index contributed by atoms with van der Waals surface area (Å²) < 4.78 is 26.8. The molecular weight excluding hydrogens is 304 g/mol. The first-order valence-corrected chi connectivity index (χ1v) is 8.09. The Morgan fingerprint density at radius 1 is 1.37 bits per heavy atom. The smallest absolute Gasteiger partial charge is 0.252 e. The molecule has 0 fully saturated rings. The number of halogens is 1. The van der Waals surface area contributed by atoms with E-state index in [1.807, 2.05) is 33.8 Å². The fourth-order valence-corrected chi connectivity index (χ4v) is 4.98. The molecule has 112 valence electrons. The van der Waals surface area contributed by atoms with Gasteiger partial charge in [0, 0.05) is 18.5 Å². The van der Waals surface area contributed by atoms with E-state index in [-0.39, 0.29) is 17.8 Å². The molecule has 1 aromatic heterocycles. The van der Waals surface area contributed by atoms with Crippen molar-refractivity contribution in [3.63, 3.8) is 0 Å². The lowest BCUT2D eigenvalue weighted by Crippen LogP contribution is -2.39. The van der Waals surface area contributed by atoms with Gasteiger partial charge in [0.1, 0.15) is 4.21 Å². The maximum atomic E-state index is 12.5. The van der Waals surface area contributed by atoms with Crippen molar-refractivity contribution < 1.29 is 8.42 Å². The molecule has 0 radical (unpaired) electrons. The van der Waals surface area contributed by atoms with Gasteiger partial charge in [-0.1, -0.05) is 13.8 Å². The molecule has 7 heteroatoms. The summed E-state index contributed by atoms with van der Waals surface area (Å²) in [6, 6.07) is 1.90. The zero-order valence-corrected chi connectivity index (χ0v) is 14.5. The van der Waals surface area contributed by atoms with Crippen LogP contribution >= 0.6 is 23.7 Å². The molecule has 1 rings (SSSR count). The van der Waals surface area contributed by atoms with Gasteiger partial charge in [-0.15, -0.1) is 23.7 Å². The van der Waals surface area contributed by atoms with E-state index in [4.69, 9.17) is 5.73 Å². The maximum absolute atomic E-state index is 12.5. The molecule has 1 heterocycles.